The van der Waals surface area contributed by atoms with Gasteiger partial charge in [0.25, 0.3) is 0 Å². The topological polar surface area (TPSA) is 62.6 Å². The molecule has 0 radical (unpaired) electrons. The van der Waals surface area contributed by atoms with Gasteiger partial charge in [0.05, 0.1) is 6.10 Å². The first-order valence-electron chi connectivity index (χ1n) is 4.08. The maximum atomic E-state index is 8.95. The third-order valence-corrected chi connectivity index (χ3v) is 1.45. The molecule has 0 aliphatic heterocycles. The Balaban J connectivity index is 2.91. The van der Waals surface area contributed by atoms with E-state index in [-0.39, 0.29) is 11.6 Å². The molecule has 70 valence electrons. The lowest BCUT2D eigenvalue weighted by Crippen LogP contribution is -2.32. The lowest BCUT2D eigenvalue weighted by molar-refractivity contribution is 0.243. The molecular weight excluding hydrogens is 169 g/mol. The quantitative estimate of drug-likeness (QED) is 0.620. The van der Waals surface area contributed by atoms with Crippen LogP contribution in [0.15, 0.2) is 18.5 Å². The van der Waals surface area contributed by atoms with Gasteiger partial charge >= 0.3 is 7.12 Å². The predicted octanol–water partition coefficient (Wildman–Crippen LogP) is -0.451. The van der Waals surface area contributed by atoms with E-state index in [1.807, 2.05) is 13.8 Å². The first kappa shape index (κ1) is 10.0. The third-order valence-electron chi connectivity index (χ3n) is 1.45. The van der Waals surface area contributed by atoms with Gasteiger partial charge in [-0.3, -0.25) is 4.98 Å². The van der Waals surface area contributed by atoms with Crippen molar-refractivity contribution in [2.24, 2.45) is 0 Å². The first-order chi connectivity index (χ1) is 6.11. The summed E-state index contributed by atoms with van der Waals surface area (Å²) >= 11 is 0. The van der Waals surface area contributed by atoms with E-state index in [9.17, 15) is 0 Å². The van der Waals surface area contributed by atoms with Gasteiger partial charge in [0, 0.05) is 17.9 Å². The molecule has 1 rings (SSSR count). The Labute approximate surface area is 77.3 Å². The first-order valence-corrected chi connectivity index (χ1v) is 4.08. The molecule has 1 heterocycles. The Morgan fingerprint density at radius 3 is 2.69 bits per heavy atom. The van der Waals surface area contributed by atoms with Crippen LogP contribution in [0.4, 0.5) is 0 Å². The lowest BCUT2D eigenvalue weighted by atomic mass is 9.81. The SMILES string of the molecule is CC(C)Oc1ccncc1B(O)O. The minimum Gasteiger partial charge on any atom is -0.491 e. The molecule has 0 atom stereocenters. The number of aromatic nitrogens is 1. The fourth-order valence-corrected chi connectivity index (χ4v) is 0.949. The summed E-state index contributed by atoms with van der Waals surface area (Å²) in [5.41, 5.74) is 0.288. The van der Waals surface area contributed by atoms with E-state index in [0.717, 1.165) is 0 Å². The van der Waals surface area contributed by atoms with Crippen molar-refractivity contribution in [3.8, 4) is 5.75 Å². The van der Waals surface area contributed by atoms with E-state index < -0.39 is 7.12 Å². The highest BCUT2D eigenvalue weighted by molar-refractivity contribution is 6.59. The van der Waals surface area contributed by atoms with Crippen LogP contribution in [0, 0.1) is 0 Å². The second-order valence-corrected chi connectivity index (χ2v) is 2.95. The van der Waals surface area contributed by atoms with E-state index in [0.29, 0.717) is 5.75 Å². The predicted molar refractivity (Wildman–Crippen MR) is 49.8 cm³/mol. The number of hydrogen-bond donors (Lipinski definition) is 2. The molecule has 0 aliphatic rings. The van der Waals surface area contributed by atoms with Gasteiger partial charge in [-0.15, -0.1) is 0 Å². The zero-order valence-electron chi connectivity index (χ0n) is 7.64. The fraction of sp³-hybridized carbons (Fsp3) is 0.375. The van der Waals surface area contributed by atoms with Crippen LogP contribution >= 0.6 is 0 Å². The van der Waals surface area contributed by atoms with Gasteiger partial charge < -0.3 is 14.8 Å². The number of hydrogen-bond acceptors (Lipinski definition) is 4. The molecule has 0 unspecified atom stereocenters. The van der Waals surface area contributed by atoms with Crippen LogP contribution in [0.2, 0.25) is 0 Å². The summed E-state index contributed by atoms with van der Waals surface area (Å²) in [5.74, 6) is 0.458. The van der Waals surface area contributed by atoms with Crippen LogP contribution in [0.5, 0.6) is 5.75 Å². The molecule has 1 aromatic rings. The zero-order chi connectivity index (χ0) is 9.84. The van der Waals surface area contributed by atoms with Crippen molar-refractivity contribution in [3.63, 3.8) is 0 Å². The molecule has 0 amide bonds. The summed E-state index contributed by atoms with van der Waals surface area (Å²) in [6, 6.07) is 1.61. The number of ether oxygens (including phenoxy) is 1. The van der Waals surface area contributed by atoms with Gasteiger partial charge in [0.15, 0.2) is 0 Å². The smallest absolute Gasteiger partial charge is 0.491 e. The highest BCUT2D eigenvalue weighted by Gasteiger charge is 2.17. The molecule has 5 heteroatoms. The van der Waals surface area contributed by atoms with E-state index in [4.69, 9.17) is 14.8 Å². The van der Waals surface area contributed by atoms with Gasteiger partial charge in [0.1, 0.15) is 5.75 Å². The lowest BCUT2D eigenvalue weighted by Gasteiger charge is -2.12. The largest absolute Gasteiger partial charge is 0.493 e. The number of rotatable bonds is 3. The maximum Gasteiger partial charge on any atom is 0.493 e. The zero-order valence-corrected chi connectivity index (χ0v) is 7.64. The summed E-state index contributed by atoms with van der Waals surface area (Å²) in [4.78, 5) is 3.77. The average Bonchev–Trinajstić information content (AvgIpc) is 2.03. The standard InChI is InChI=1S/C8H12BNO3/c1-6(2)13-8-3-4-10-5-7(8)9(11)12/h3-6,11-12H,1-2H3. The normalized spacial score (nSPS) is 10.2. The second kappa shape index (κ2) is 4.25. The summed E-state index contributed by atoms with van der Waals surface area (Å²) in [6.07, 6.45) is 2.92. The summed E-state index contributed by atoms with van der Waals surface area (Å²) < 4.78 is 5.35. The molecule has 4 nitrogen and oxygen atoms in total. The van der Waals surface area contributed by atoms with Crippen molar-refractivity contribution in [2.45, 2.75) is 20.0 Å². The van der Waals surface area contributed by atoms with Crippen LogP contribution in [-0.4, -0.2) is 28.3 Å². The van der Waals surface area contributed by atoms with E-state index >= 15 is 0 Å². The van der Waals surface area contributed by atoms with Crippen molar-refractivity contribution in [1.29, 1.82) is 0 Å². The molecule has 0 saturated heterocycles. The molecule has 0 spiro atoms. The van der Waals surface area contributed by atoms with Crippen LogP contribution in [-0.2, 0) is 0 Å². The van der Waals surface area contributed by atoms with Crippen LogP contribution in [0.25, 0.3) is 0 Å². The summed E-state index contributed by atoms with van der Waals surface area (Å²) in [7, 11) is -1.54. The minimum atomic E-state index is -1.54. The van der Waals surface area contributed by atoms with Crippen LogP contribution in [0.1, 0.15) is 13.8 Å². The van der Waals surface area contributed by atoms with Gasteiger partial charge in [0.2, 0.25) is 0 Å². The monoisotopic (exact) mass is 181 g/mol. The van der Waals surface area contributed by atoms with Crippen molar-refractivity contribution in [2.75, 3.05) is 0 Å². The van der Waals surface area contributed by atoms with E-state index in [1.165, 1.54) is 6.20 Å². The van der Waals surface area contributed by atoms with Gasteiger partial charge in [-0.2, -0.15) is 0 Å². The van der Waals surface area contributed by atoms with Crippen molar-refractivity contribution in [3.05, 3.63) is 18.5 Å². The van der Waals surface area contributed by atoms with Gasteiger partial charge in [-0.25, -0.2) is 0 Å². The van der Waals surface area contributed by atoms with Gasteiger partial charge in [-0.1, -0.05) is 0 Å². The molecule has 0 aliphatic carbocycles. The van der Waals surface area contributed by atoms with Crippen LogP contribution < -0.4 is 10.2 Å². The van der Waals surface area contributed by atoms with E-state index in [2.05, 4.69) is 4.98 Å². The Kier molecular flexibility index (Phi) is 3.28. The molecule has 1 aromatic heterocycles. The van der Waals surface area contributed by atoms with Crippen LogP contribution in [0.3, 0.4) is 0 Å². The Bertz CT molecular complexity index is 278. The van der Waals surface area contributed by atoms with Crippen molar-refractivity contribution >= 4 is 12.6 Å². The summed E-state index contributed by atoms with van der Waals surface area (Å²) in [5, 5.41) is 17.9. The maximum absolute atomic E-state index is 8.95. The molecule has 13 heavy (non-hydrogen) atoms. The molecular formula is C8H12BNO3. The Hall–Kier alpha value is -1.07. The van der Waals surface area contributed by atoms with Crippen molar-refractivity contribution < 1.29 is 14.8 Å². The highest BCUT2D eigenvalue weighted by Crippen LogP contribution is 2.07. The molecule has 0 bridgehead atoms. The van der Waals surface area contributed by atoms with Crippen molar-refractivity contribution in [1.82, 2.24) is 4.98 Å². The summed E-state index contributed by atoms with van der Waals surface area (Å²) in [6.45, 7) is 3.74. The Morgan fingerprint density at radius 1 is 1.46 bits per heavy atom. The minimum absolute atomic E-state index is 0.0000926. The molecule has 2 N–H and O–H groups in total. The van der Waals surface area contributed by atoms with E-state index in [1.54, 1.807) is 12.3 Å². The number of pyridine rings is 1. The fourth-order valence-electron chi connectivity index (χ4n) is 0.949. The molecule has 0 aromatic carbocycles. The average molecular weight is 181 g/mol. The third kappa shape index (κ3) is 2.71. The second-order valence-electron chi connectivity index (χ2n) is 2.95. The Morgan fingerprint density at radius 2 is 2.15 bits per heavy atom. The molecule has 0 saturated carbocycles. The molecule has 0 fully saturated rings. The highest BCUT2D eigenvalue weighted by atomic mass is 16.5. The number of nitrogens with zero attached hydrogens (tertiary/aromatic N) is 1. The van der Waals surface area contributed by atoms with Gasteiger partial charge in [-0.05, 0) is 19.9 Å².